The number of hydrogen-bond acceptors (Lipinski definition) is 1. The minimum Gasteiger partial charge on any atom is -0.317 e. The monoisotopic (exact) mass is 155 g/mol. The summed E-state index contributed by atoms with van der Waals surface area (Å²) in [7, 11) is 0. The standard InChI is InChI=1S/C10H21N/c1-3-10(6-5-7-10)8-9-11-4-2/h11H,3-9H2,1-2H3. The molecule has 0 radical (unpaired) electrons. The molecule has 0 atom stereocenters. The Balaban J connectivity index is 2.11. The molecule has 0 unspecified atom stereocenters. The molecule has 0 spiro atoms. The van der Waals surface area contributed by atoms with Gasteiger partial charge in [0.05, 0.1) is 0 Å². The molecule has 1 rings (SSSR count). The van der Waals surface area contributed by atoms with E-state index in [1.807, 2.05) is 0 Å². The lowest BCUT2D eigenvalue weighted by molar-refractivity contribution is 0.113. The topological polar surface area (TPSA) is 12.0 Å². The summed E-state index contributed by atoms with van der Waals surface area (Å²) in [4.78, 5) is 0. The van der Waals surface area contributed by atoms with Crippen molar-refractivity contribution in [3.63, 3.8) is 0 Å². The third-order valence-corrected chi connectivity index (χ3v) is 3.25. The maximum Gasteiger partial charge on any atom is -0.00437 e. The zero-order chi connectivity index (χ0) is 8.16. The molecule has 1 nitrogen and oxygen atoms in total. The minimum atomic E-state index is 0.752. The number of rotatable bonds is 5. The van der Waals surface area contributed by atoms with Crippen molar-refractivity contribution in [3.05, 3.63) is 0 Å². The van der Waals surface area contributed by atoms with Gasteiger partial charge in [-0.15, -0.1) is 0 Å². The summed E-state index contributed by atoms with van der Waals surface area (Å²) in [5.41, 5.74) is 0.752. The highest BCUT2D eigenvalue weighted by atomic mass is 14.8. The van der Waals surface area contributed by atoms with E-state index in [0.717, 1.165) is 12.0 Å². The van der Waals surface area contributed by atoms with Crippen LogP contribution in [0.3, 0.4) is 0 Å². The van der Waals surface area contributed by atoms with E-state index in [4.69, 9.17) is 0 Å². The summed E-state index contributed by atoms with van der Waals surface area (Å²) >= 11 is 0. The van der Waals surface area contributed by atoms with Gasteiger partial charge in [0.1, 0.15) is 0 Å². The summed E-state index contributed by atoms with van der Waals surface area (Å²) in [6.07, 6.45) is 7.22. The van der Waals surface area contributed by atoms with Crippen molar-refractivity contribution in [3.8, 4) is 0 Å². The first-order valence-corrected chi connectivity index (χ1v) is 5.04. The van der Waals surface area contributed by atoms with E-state index in [1.165, 1.54) is 38.6 Å². The van der Waals surface area contributed by atoms with Crippen LogP contribution >= 0.6 is 0 Å². The molecule has 0 amide bonds. The molecule has 11 heavy (non-hydrogen) atoms. The van der Waals surface area contributed by atoms with Gasteiger partial charge < -0.3 is 5.32 Å². The van der Waals surface area contributed by atoms with Crippen molar-refractivity contribution >= 4 is 0 Å². The van der Waals surface area contributed by atoms with Crippen molar-refractivity contribution in [1.29, 1.82) is 0 Å². The van der Waals surface area contributed by atoms with Crippen LogP contribution in [0.4, 0.5) is 0 Å². The SMILES string of the molecule is CCNCCC1(CC)CCC1. The third kappa shape index (κ3) is 2.19. The second-order valence-corrected chi connectivity index (χ2v) is 3.81. The maximum absolute atomic E-state index is 3.41. The molecule has 0 aliphatic heterocycles. The average Bonchev–Trinajstić information content (AvgIpc) is 1.95. The minimum absolute atomic E-state index is 0.752. The molecule has 0 aromatic carbocycles. The zero-order valence-electron chi connectivity index (χ0n) is 7.95. The highest BCUT2D eigenvalue weighted by molar-refractivity contribution is 4.86. The largest absolute Gasteiger partial charge is 0.317 e. The van der Waals surface area contributed by atoms with Gasteiger partial charge in [-0.05, 0) is 37.8 Å². The zero-order valence-corrected chi connectivity index (χ0v) is 7.95. The Morgan fingerprint density at radius 3 is 2.36 bits per heavy atom. The normalized spacial score (nSPS) is 21.3. The Bertz CT molecular complexity index is 99.9. The Labute approximate surface area is 70.6 Å². The highest BCUT2D eigenvalue weighted by Crippen LogP contribution is 2.46. The average molecular weight is 155 g/mol. The molecule has 1 aliphatic rings. The second kappa shape index (κ2) is 4.10. The Morgan fingerprint density at radius 2 is 2.00 bits per heavy atom. The lowest BCUT2D eigenvalue weighted by Gasteiger charge is -2.41. The second-order valence-electron chi connectivity index (χ2n) is 3.81. The Morgan fingerprint density at radius 1 is 1.27 bits per heavy atom. The molecule has 0 saturated heterocycles. The molecule has 1 N–H and O–H groups in total. The predicted octanol–water partition coefficient (Wildman–Crippen LogP) is 2.57. The number of hydrogen-bond donors (Lipinski definition) is 1. The van der Waals surface area contributed by atoms with Gasteiger partial charge in [-0.2, -0.15) is 0 Å². The van der Waals surface area contributed by atoms with Gasteiger partial charge >= 0.3 is 0 Å². The van der Waals surface area contributed by atoms with E-state index in [2.05, 4.69) is 19.2 Å². The molecule has 0 aromatic heterocycles. The van der Waals surface area contributed by atoms with Crippen LogP contribution < -0.4 is 5.32 Å². The van der Waals surface area contributed by atoms with Gasteiger partial charge in [-0.25, -0.2) is 0 Å². The van der Waals surface area contributed by atoms with Gasteiger partial charge in [0.15, 0.2) is 0 Å². The molecule has 0 aromatic rings. The quantitative estimate of drug-likeness (QED) is 0.602. The van der Waals surface area contributed by atoms with Gasteiger partial charge in [0, 0.05) is 0 Å². The van der Waals surface area contributed by atoms with E-state index in [9.17, 15) is 0 Å². The first-order chi connectivity index (χ1) is 5.33. The fourth-order valence-corrected chi connectivity index (χ4v) is 1.99. The van der Waals surface area contributed by atoms with Gasteiger partial charge in [0.25, 0.3) is 0 Å². The van der Waals surface area contributed by atoms with Gasteiger partial charge in [-0.3, -0.25) is 0 Å². The van der Waals surface area contributed by atoms with Crippen LogP contribution in [-0.2, 0) is 0 Å². The van der Waals surface area contributed by atoms with Crippen LogP contribution in [0, 0.1) is 5.41 Å². The first kappa shape index (κ1) is 9.05. The maximum atomic E-state index is 3.41. The summed E-state index contributed by atoms with van der Waals surface area (Å²) in [6.45, 7) is 6.87. The molecule has 0 bridgehead atoms. The van der Waals surface area contributed by atoms with Gasteiger partial charge in [0.2, 0.25) is 0 Å². The summed E-state index contributed by atoms with van der Waals surface area (Å²) in [5, 5.41) is 3.41. The molecule has 0 heterocycles. The fourth-order valence-electron chi connectivity index (χ4n) is 1.99. The van der Waals surface area contributed by atoms with Crippen LogP contribution in [0.25, 0.3) is 0 Å². The first-order valence-electron chi connectivity index (χ1n) is 5.04. The Kier molecular flexibility index (Phi) is 3.38. The lowest BCUT2D eigenvalue weighted by Crippen LogP contribution is -2.32. The summed E-state index contributed by atoms with van der Waals surface area (Å²) in [5.74, 6) is 0. The molecular weight excluding hydrogens is 134 g/mol. The van der Waals surface area contributed by atoms with Crippen LogP contribution in [-0.4, -0.2) is 13.1 Å². The van der Waals surface area contributed by atoms with E-state index in [-0.39, 0.29) is 0 Å². The molecule has 1 fully saturated rings. The summed E-state index contributed by atoms with van der Waals surface area (Å²) in [6, 6.07) is 0. The van der Waals surface area contributed by atoms with Crippen molar-refractivity contribution in [2.45, 2.75) is 46.0 Å². The van der Waals surface area contributed by atoms with Crippen molar-refractivity contribution in [2.24, 2.45) is 5.41 Å². The van der Waals surface area contributed by atoms with E-state index < -0.39 is 0 Å². The third-order valence-electron chi connectivity index (χ3n) is 3.25. The van der Waals surface area contributed by atoms with Crippen LogP contribution in [0.1, 0.15) is 46.0 Å². The number of nitrogens with one attached hydrogen (secondary N) is 1. The van der Waals surface area contributed by atoms with Crippen molar-refractivity contribution in [2.75, 3.05) is 13.1 Å². The molecule has 1 saturated carbocycles. The van der Waals surface area contributed by atoms with Crippen molar-refractivity contribution < 1.29 is 0 Å². The fraction of sp³-hybridized carbons (Fsp3) is 1.00. The van der Waals surface area contributed by atoms with Crippen molar-refractivity contribution in [1.82, 2.24) is 5.32 Å². The van der Waals surface area contributed by atoms with E-state index >= 15 is 0 Å². The highest BCUT2D eigenvalue weighted by Gasteiger charge is 2.33. The smallest absolute Gasteiger partial charge is 0.00437 e. The van der Waals surface area contributed by atoms with Crippen LogP contribution in [0.15, 0.2) is 0 Å². The van der Waals surface area contributed by atoms with E-state index in [1.54, 1.807) is 0 Å². The molecule has 1 aliphatic carbocycles. The van der Waals surface area contributed by atoms with Gasteiger partial charge in [-0.1, -0.05) is 26.7 Å². The molecular formula is C10H21N. The summed E-state index contributed by atoms with van der Waals surface area (Å²) < 4.78 is 0. The van der Waals surface area contributed by atoms with Crippen LogP contribution in [0.5, 0.6) is 0 Å². The molecule has 1 heteroatoms. The van der Waals surface area contributed by atoms with E-state index in [0.29, 0.717) is 0 Å². The lowest BCUT2D eigenvalue weighted by atomic mass is 9.65. The Hall–Kier alpha value is -0.0400. The van der Waals surface area contributed by atoms with Crippen LogP contribution in [0.2, 0.25) is 0 Å². The molecule has 66 valence electrons. The predicted molar refractivity (Wildman–Crippen MR) is 49.7 cm³/mol.